The molecule has 1 rings (SSSR count). The molecule has 0 atom stereocenters. The van der Waals surface area contributed by atoms with Gasteiger partial charge in [-0.15, -0.1) is 23.4 Å². The maximum Gasteiger partial charge on any atom is 0.0223 e. The average molecular weight is 243 g/mol. The van der Waals surface area contributed by atoms with Crippen molar-refractivity contribution >= 4 is 23.4 Å². The van der Waals surface area contributed by atoms with Gasteiger partial charge >= 0.3 is 0 Å². The molecule has 1 aromatic carbocycles. The SMILES string of the molecule is Cc1ccccc1SCCCCCCCl. The Labute approximate surface area is 102 Å². The number of halogens is 1. The minimum Gasteiger partial charge on any atom is -0.127 e. The van der Waals surface area contributed by atoms with Crippen molar-refractivity contribution in [2.24, 2.45) is 0 Å². The molecule has 0 aromatic heterocycles. The molecule has 0 bridgehead atoms. The number of hydrogen-bond donors (Lipinski definition) is 0. The molecular weight excluding hydrogens is 224 g/mol. The normalized spacial score (nSPS) is 10.5. The maximum atomic E-state index is 5.63. The lowest BCUT2D eigenvalue weighted by Gasteiger charge is -2.04. The van der Waals surface area contributed by atoms with Crippen LogP contribution in [0.15, 0.2) is 29.2 Å². The van der Waals surface area contributed by atoms with Crippen molar-refractivity contribution in [3.8, 4) is 0 Å². The summed E-state index contributed by atoms with van der Waals surface area (Å²) in [4.78, 5) is 1.43. The average Bonchev–Trinajstić information content (AvgIpc) is 2.25. The molecule has 0 spiro atoms. The largest absolute Gasteiger partial charge is 0.127 e. The van der Waals surface area contributed by atoms with Crippen molar-refractivity contribution in [2.75, 3.05) is 11.6 Å². The predicted molar refractivity (Wildman–Crippen MR) is 71.1 cm³/mol. The van der Waals surface area contributed by atoms with Crippen LogP contribution in [-0.4, -0.2) is 11.6 Å². The quantitative estimate of drug-likeness (QED) is 0.373. The standard InChI is InChI=1S/C13H19ClS/c1-12-8-4-5-9-13(12)15-11-7-3-2-6-10-14/h4-5,8-9H,2-3,6-7,10-11H2,1H3. The van der Waals surface area contributed by atoms with E-state index in [1.54, 1.807) is 0 Å². The van der Waals surface area contributed by atoms with E-state index in [9.17, 15) is 0 Å². The minimum atomic E-state index is 0.810. The van der Waals surface area contributed by atoms with Crippen molar-refractivity contribution in [3.05, 3.63) is 29.8 Å². The summed E-state index contributed by atoms with van der Waals surface area (Å²) in [5.74, 6) is 2.04. The van der Waals surface area contributed by atoms with Gasteiger partial charge in [-0.3, -0.25) is 0 Å². The van der Waals surface area contributed by atoms with Crippen LogP contribution in [0.3, 0.4) is 0 Å². The Kier molecular flexibility index (Phi) is 6.95. The van der Waals surface area contributed by atoms with E-state index in [0.29, 0.717) is 0 Å². The van der Waals surface area contributed by atoms with E-state index < -0.39 is 0 Å². The highest BCUT2D eigenvalue weighted by Crippen LogP contribution is 2.23. The monoisotopic (exact) mass is 242 g/mol. The fourth-order valence-corrected chi connectivity index (χ4v) is 2.68. The Balaban J connectivity index is 2.12. The van der Waals surface area contributed by atoms with Crippen LogP contribution in [-0.2, 0) is 0 Å². The molecule has 0 radical (unpaired) electrons. The van der Waals surface area contributed by atoms with Gasteiger partial charge in [0.15, 0.2) is 0 Å². The molecule has 1 aromatic rings. The number of unbranched alkanes of at least 4 members (excludes halogenated alkanes) is 3. The molecule has 0 saturated carbocycles. The molecule has 0 heterocycles. The molecule has 0 aliphatic carbocycles. The van der Waals surface area contributed by atoms with Crippen LogP contribution in [0, 0.1) is 6.92 Å². The van der Waals surface area contributed by atoms with Gasteiger partial charge in [-0.05, 0) is 37.1 Å². The Bertz CT molecular complexity index is 273. The maximum absolute atomic E-state index is 5.63. The van der Waals surface area contributed by atoms with E-state index in [0.717, 1.165) is 12.3 Å². The van der Waals surface area contributed by atoms with E-state index in [2.05, 4.69) is 31.2 Å². The first-order valence-electron chi connectivity index (χ1n) is 5.59. The van der Waals surface area contributed by atoms with Gasteiger partial charge in [-0.2, -0.15) is 0 Å². The summed E-state index contributed by atoms with van der Waals surface area (Å²) in [7, 11) is 0. The van der Waals surface area contributed by atoms with Gasteiger partial charge in [-0.25, -0.2) is 0 Å². The molecule has 2 heteroatoms. The number of benzene rings is 1. The smallest absolute Gasteiger partial charge is 0.0223 e. The molecule has 0 aliphatic heterocycles. The molecule has 0 unspecified atom stereocenters. The Morgan fingerprint density at radius 1 is 1.07 bits per heavy atom. The van der Waals surface area contributed by atoms with Crippen LogP contribution < -0.4 is 0 Å². The summed E-state index contributed by atoms with van der Waals surface area (Å²) in [6.07, 6.45) is 5.05. The first-order chi connectivity index (χ1) is 7.34. The molecule has 0 nitrogen and oxygen atoms in total. The third-order valence-corrected chi connectivity index (χ3v) is 3.91. The van der Waals surface area contributed by atoms with Crippen LogP contribution in [0.25, 0.3) is 0 Å². The Morgan fingerprint density at radius 2 is 1.80 bits per heavy atom. The second kappa shape index (κ2) is 8.06. The van der Waals surface area contributed by atoms with Crippen LogP contribution in [0.4, 0.5) is 0 Å². The van der Waals surface area contributed by atoms with E-state index in [1.807, 2.05) is 11.8 Å². The molecule has 0 saturated heterocycles. The molecule has 0 amide bonds. The number of aryl methyl sites for hydroxylation is 1. The van der Waals surface area contributed by atoms with Gasteiger partial charge in [0, 0.05) is 10.8 Å². The third-order valence-electron chi connectivity index (χ3n) is 2.38. The topological polar surface area (TPSA) is 0 Å². The van der Waals surface area contributed by atoms with Crippen LogP contribution >= 0.6 is 23.4 Å². The molecule has 84 valence electrons. The van der Waals surface area contributed by atoms with Gasteiger partial charge in [0.1, 0.15) is 0 Å². The highest BCUT2D eigenvalue weighted by Gasteiger charge is 1.97. The summed E-state index contributed by atoms with van der Waals surface area (Å²) in [5, 5.41) is 0. The lowest BCUT2D eigenvalue weighted by molar-refractivity contribution is 0.709. The summed E-state index contributed by atoms with van der Waals surface area (Å²) < 4.78 is 0. The van der Waals surface area contributed by atoms with E-state index in [1.165, 1.54) is 35.5 Å². The highest BCUT2D eigenvalue weighted by molar-refractivity contribution is 7.99. The zero-order valence-corrected chi connectivity index (χ0v) is 10.9. The van der Waals surface area contributed by atoms with Gasteiger partial charge in [0.25, 0.3) is 0 Å². The van der Waals surface area contributed by atoms with Crippen molar-refractivity contribution in [2.45, 2.75) is 37.5 Å². The number of hydrogen-bond acceptors (Lipinski definition) is 1. The molecular formula is C13H19ClS. The fourth-order valence-electron chi connectivity index (χ4n) is 1.45. The zero-order valence-electron chi connectivity index (χ0n) is 9.34. The fraction of sp³-hybridized carbons (Fsp3) is 0.538. The second-order valence-corrected chi connectivity index (χ2v) is 5.23. The summed E-state index contributed by atoms with van der Waals surface area (Å²) >= 11 is 7.60. The Morgan fingerprint density at radius 3 is 2.53 bits per heavy atom. The number of alkyl halides is 1. The number of thioether (sulfide) groups is 1. The van der Waals surface area contributed by atoms with Gasteiger partial charge in [0.2, 0.25) is 0 Å². The zero-order chi connectivity index (χ0) is 10.9. The van der Waals surface area contributed by atoms with Crippen LogP contribution in [0.1, 0.15) is 31.2 Å². The summed E-state index contributed by atoms with van der Waals surface area (Å²) in [6, 6.07) is 8.59. The predicted octanol–water partition coefficient (Wildman–Crippen LogP) is 4.89. The molecule has 15 heavy (non-hydrogen) atoms. The lowest BCUT2D eigenvalue weighted by atomic mass is 10.2. The first-order valence-corrected chi connectivity index (χ1v) is 7.11. The number of rotatable bonds is 7. The molecule has 0 aliphatic rings. The summed E-state index contributed by atoms with van der Waals surface area (Å²) in [5.41, 5.74) is 1.39. The molecule has 0 fully saturated rings. The van der Waals surface area contributed by atoms with Crippen molar-refractivity contribution < 1.29 is 0 Å². The summed E-state index contributed by atoms with van der Waals surface area (Å²) in [6.45, 7) is 2.18. The van der Waals surface area contributed by atoms with E-state index in [4.69, 9.17) is 11.6 Å². The van der Waals surface area contributed by atoms with Crippen molar-refractivity contribution in [3.63, 3.8) is 0 Å². The van der Waals surface area contributed by atoms with Gasteiger partial charge in [-0.1, -0.05) is 31.0 Å². The van der Waals surface area contributed by atoms with E-state index >= 15 is 0 Å². The van der Waals surface area contributed by atoms with Gasteiger partial charge in [0.05, 0.1) is 0 Å². The minimum absolute atomic E-state index is 0.810. The second-order valence-electron chi connectivity index (χ2n) is 3.72. The first kappa shape index (κ1) is 12.9. The Hall–Kier alpha value is -0.140. The van der Waals surface area contributed by atoms with E-state index in [-0.39, 0.29) is 0 Å². The third kappa shape index (κ3) is 5.48. The molecule has 0 N–H and O–H groups in total. The van der Waals surface area contributed by atoms with Crippen LogP contribution in [0.5, 0.6) is 0 Å². The lowest BCUT2D eigenvalue weighted by Crippen LogP contribution is -1.84. The van der Waals surface area contributed by atoms with Crippen molar-refractivity contribution in [1.82, 2.24) is 0 Å². The van der Waals surface area contributed by atoms with Crippen LogP contribution in [0.2, 0.25) is 0 Å². The van der Waals surface area contributed by atoms with Gasteiger partial charge < -0.3 is 0 Å². The van der Waals surface area contributed by atoms with Crippen molar-refractivity contribution in [1.29, 1.82) is 0 Å². The highest BCUT2D eigenvalue weighted by atomic mass is 35.5.